The molecule has 6 nitrogen and oxygen atoms in total. The lowest BCUT2D eigenvalue weighted by Gasteiger charge is -2.06. The molecule has 0 radical (unpaired) electrons. The van der Waals surface area contributed by atoms with E-state index < -0.39 is 17.5 Å². The van der Waals surface area contributed by atoms with Gasteiger partial charge in [0.15, 0.2) is 29.0 Å². The zero-order valence-electron chi connectivity index (χ0n) is 13.7. The van der Waals surface area contributed by atoms with Crippen LogP contribution >= 0.6 is 0 Å². The normalized spacial score (nSPS) is 10.6. The Morgan fingerprint density at radius 2 is 2.04 bits per heavy atom. The SMILES string of the molecule is COc1cc(C(=O)Nc2cn(Cc3ccc(F)c(F)c3)cn2)ccc1O. The number of phenolic OH excluding ortho intramolecular Hbond substituents is 1. The predicted octanol–water partition coefficient (Wildman–Crippen LogP) is 3.18. The molecule has 3 rings (SSSR count). The monoisotopic (exact) mass is 359 g/mol. The van der Waals surface area contributed by atoms with E-state index in [0.717, 1.165) is 12.1 Å². The molecular weight excluding hydrogens is 344 g/mol. The number of aromatic hydroxyl groups is 1. The fraction of sp³-hybridized carbons (Fsp3) is 0.111. The summed E-state index contributed by atoms with van der Waals surface area (Å²) < 4.78 is 32.8. The minimum Gasteiger partial charge on any atom is -0.504 e. The van der Waals surface area contributed by atoms with E-state index >= 15 is 0 Å². The molecule has 0 spiro atoms. The molecule has 0 fully saturated rings. The first-order valence-electron chi connectivity index (χ1n) is 7.60. The fourth-order valence-electron chi connectivity index (χ4n) is 2.37. The number of carbonyl (C=O) groups is 1. The number of hydrogen-bond acceptors (Lipinski definition) is 4. The van der Waals surface area contributed by atoms with Crippen LogP contribution in [-0.4, -0.2) is 27.7 Å². The Bertz CT molecular complexity index is 957. The van der Waals surface area contributed by atoms with Crippen LogP contribution in [0.5, 0.6) is 11.5 Å². The average Bonchev–Trinajstić information content (AvgIpc) is 3.05. The highest BCUT2D eigenvalue weighted by atomic mass is 19.2. The Balaban J connectivity index is 1.69. The smallest absolute Gasteiger partial charge is 0.256 e. The molecule has 0 saturated heterocycles. The van der Waals surface area contributed by atoms with E-state index in [1.165, 1.54) is 37.7 Å². The third-order valence-electron chi connectivity index (χ3n) is 3.67. The number of hydrogen-bond donors (Lipinski definition) is 2. The van der Waals surface area contributed by atoms with Crippen molar-refractivity contribution in [2.75, 3.05) is 12.4 Å². The van der Waals surface area contributed by atoms with Crippen molar-refractivity contribution in [3.05, 3.63) is 71.7 Å². The average molecular weight is 359 g/mol. The lowest BCUT2D eigenvalue weighted by atomic mass is 10.2. The van der Waals surface area contributed by atoms with Gasteiger partial charge >= 0.3 is 0 Å². The number of amides is 1. The first kappa shape index (κ1) is 17.4. The molecule has 1 heterocycles. The number of halogens is 2. The van der Waals surface area contributed by atoms with Crippen molar-refractivity contribution in [3.63, 3.8) is 0 Å². The van der Waals surface area contributed by atoms with E-state index in [4.69, 9.17) is 4.74 Å². The predicted molar refractivity (Wildman–Crippen MR) is 90.3 cm³/mol. The number of aromatic nitrogens is 2. The summed E-state index contributed by atoms with van der Waals surface area (Å²) in [5.74, 6) is -1.85. The van der Waals surface area contributed by atoms with Crippen LogP contribution < -0.4 is 10.1 Å². The summed E-state index contributed by atoms with van der Waals surface area (Å²) in [5.41, 5.74) is 0.845. The number of nitrogens with zero attached hydrogens (tertiary/aromatic N) is 2. The topological polar surface area (TPSA) is 76.4 Å². The molecule has 2 aromatic carbocycles. The van der Waals surface area contributed by atoms with Crippen molar-refractivity contribution < 1.29 is 23.4 Å². The molecule has 134 valence electrons. The van der Waals surface area contributed by atoms with Crippen LogP contribution in [0.25, 0.3) is 0 Å². The second-order valence-electron chi connectivity index (χ2n) is 5.52. The van der Waals surface area contributed by atoms with Gasteiger partial charge in [-0.25, -0.2) is 13.8 Å². The minimum absolute atomic E-state index is 0.0696. The van der Waals surface area contributed by atoms with Gasteiger partial charge in [-0.3, -0.25) is 4.79 Å². The molecule has 2 N–H and O–H groups in total. The Labute approximate surface area is 147 Å². The molecule has 0 aliphatic heterocycles. The van der Waals surface area contributed by atoms with Crippen LogP contribution in [0.3, 0.4) is 0 Å². The van der Waals surface area contributed by atoms with E-state index in [0.29, 0.717) is 11.4 Å². The standard InChI is InChI=1S/C18H15F2N3O3/c1-26-16-7-12(3-5-15(16)24)18(25)22-17-9-23(10-21-17)8-11-2-4-13(19)14(20)6-11/h2-7,9-10,24H,8H2,1H3,(H,22,25). The molecule has 0 unspecified atom stereocenters. The van der Waals surface area contributed by atoms with Gasteiger partial charge in [-0.05, 0) is 35.9 Å². The van der Waals surface area contributed by atoms with E-state index in [-0.39, 0.29) is 23.6 Å². The van der Waals surface area contributed by atoms with Gasteiger partial charge in [0.2, 0.25) is 0 Å². The van der Waals surface area contributed by atoms with Crippen LogP contribution in [0, 0.1) is 11.6 Å². The van der Waals surface area contributed by atoms with E-state index in [9.17, 15) is 18.7 Å². The molecule has 0 atom stereocenters. The molecule has 3 aromatic rings. The largest absolute Gasteiger partial charge is 0.504 e. The Kier molecular flexibility index (Phi) is 4.83. The number of methoxy groups -OCH3 is 1. The first-order valence-corrected chi connectivity index (χ1v) is 7.60. The highest BCUT2D eigenvalue weighted by molar-refractivity contribution is 6.04. The third kappa shape index (κ3) is 3.80. The lowest BCUT2D eigenvalue weighted by molar-refractivity contribution is 0.102. The summed E-state index contributed by atoms with van der Waals surface area (Å²) in [6, 6.07) is 7.85. The highest BCUT2D eigenvalue weighted by Crippen LogP contribution is 2.26. The number of phenols is 1. The zero-order valence-corrected chi connectivity index (χ0v) is 13.7. The lowest BCUT2D eigenvalue weighted by Crippen LogP contribution is -2.12. The Morgan fingerprint density at radius 1 is 1.23 bits per heavy atom. The zero-order chi connectivity index (χ0) is 18.7. The summed E-state index contributed by atoms with van der Waals surface area (Å²) in [7, 11) is 1.39. The highest BCUT2D eigenvalue weighted by Gasteiger charge is 2.11. The van der Waals surface area contributed by atoms with E-state index in [2.05, 4.69) is 10.3 Å². The number of ether oxygens (including phenoxy) is 1. The van der Waals surface area contributed by atoms with Gasteiger partial charge in [0.05, 0.1) is 13.4 Å². The molecule has 0 aliphatic rings. The van der Waals surface area contributed by atoms with Crippen LogP contribution in [0.1, 0.15) is 15.9 Å². The first-order chi connectivity index (χ1) is 12.5. The minimum atomic E-state index is -0.919. The second kappa shape index (κ2) is 7.22. The Hall–Kier alpha value is -3.42. The second-order valence-corrected chi connectivity index (χ2v) is 5.52. The maximum absolute atomic E-state index is 13.3. The van der Waals surface area contributed by atoms with Gasteiger partial charge in [-0.2, -0.15) is 0 Å². The van der Waals surface area contributed by atoms with Gasteiger partial charge in [0.1, 0.15) is 0 Å². The van der Waals surface area contributed by atoms with Crippen molar-refractivity contribution in [3.8, 4) is 11.5 Å². The van der Waals surface area contributed by atoms with Crippen molar-refractivity contribution in [2.45, 2.75) is 6.54 Å². The van der Waals surface area contributed by atoms with Gasteiger partial charge in [0, 0.05) is 18.3 Å². The number of nitrogens with one attached hydrogen (secondary N) is 1. The van der Waals surface area contributed by atoms with Crippen LogP contribution in [-0.2, 0) is 6.54 Å². The number of rotatable bonds is 5. The van der Waals surface area contributed by atoms with Crippen molar-refractivity contribution >= 4 is 11.7 Å². The van der Waals surface area contributed by atoms with Crippen molar-refractivity contribution in [2.24, 2.45) is 0 Å². The quantitative estimate of drug-likeness (QED) is 0.734. The van der Waals surface area contributed by atoms with E-state index in [1.807, 2.05) is 0 Å². The molecule has 1 aromatic heterocycles. The number of imidazole rings is 1. The van der Waals surface area contributed by atoms with Gasteiger partial charge < -0.3 is 19.7 Å². The van der Waals surface area contributed by atoms with Crippen molar-refractivity contribution in [1.29, 1.82) is 0 Å². The summed E-state index contributed by atoms with van der Waals surface area (Å²) >= 11 is 0. The number of benzene rings is 2. The molecular formula is C18H15F2N3O3. The van der Waals surface area contributed by atoms with Crippen LogP contribution in [0.2, 0.25) is 0 Å². The van der Waals surface area contributed by atoms with Crippen LogP contribution in [0.15, 0.2) is 48.9 Å². The van der Waals surface area contributed by atoms with Crippen molar-refractivity contribution in [1.82, 2.24) is 9.55 Å². The van der Waals surface area contributed by atoms with Gasteiger partial charge in [0.25, 0.3) is 5.91 Å². The number of carbonyl (C=O) groups excluding carboxylic acids is 1. The molecule has 26 heavy (non-hydrogen) atoms. The Morgan fingerprint density at radius 3 is 2.77 bits per heavy atom. The van der Waals surface area contributed by atoms with E-state index in [1.54, 1.807) is 10.8 Å². The molecule has 8 heteroatoms. The van der Waals surface area contributed by atoms with Crippen LogP contribution in [0.4, 0.5) is 14.6 Å². The number of anilines is 1. The maximum Gasteiger partial charge on any atom is 0.256 e. The maximum atomic E-state index is 13.3. The summed E-state index contributed by atoms with van der Waals surface area (Å²) in [5, 5.41) is 12.2. The summed E-state index contributed by atoms with van der Waals surface area (Å²) in [6.45, 7) is 0.271. The third-order valence-corrected chi connectivity index (χ3v) is 3.67. The summed E-state index contributed by atoms with van der Waals surface area (Å²) in [4.78, 5) is 16.3. The van der Waals surface area contributed by atoms with Gasteiger partial charge in [-0.1, -0.05) is 6.07 Å². The summed E-state index contributed by atoms with van der Waals surface area (Å²) in [6.07, 6.45) is 3.03. The van der Waals surface area contributed by atoms with Gasteiger partial charge in [-0.15, -0.1) is 0 Å². The molecule has 0 bridgehead atoms. The molecule has 0 aliphatic carbocycles. The molecule has 0 saturated carbocycles. The molecule has 1 amide bonds. The fourth-order valence-corrected chi connectivity index (χ4v) is 2.37.